The van der Waals surface area contributed by atoms with E-state index in [1.54, 1.807) is 25.1 Å². The normalized spacial score (nSPS) is 13.7. The zero-order valence-corrected chi connectivity index (χ0v) is 16.3. The number of halogens is 2. The van der Waals surface area contributed by atoms with Crippen LogP contribution in [0.25, 0.3) is 0 Å². The molecule has 0 aromatic heterocycles. The highest BCUT2D eigenvalue weighted by molar-refractivity contribution is 9.10. The number of hydrogen-bond acceptors (Lipinski definition) is 5. The zero-order chi connectivity index (χ0) is 17.8. The number of hydrogen-bond donors (Lipinski definition) is 1. The maximum absolute atomic E-state index is 12.1. The first kappa shape index (κ1) is 17.8. The van der Waals surface area contributed by atoms with Gasteiger partial charge in [-0.2, -0.15) is 5.10 Å². The number of para-hydroxylation sites is 1. The van der Waals surface area contributed by atoms with E-state index in [9.17, 15) is 4.79 Å². The first-order valence-corrected chi connectivity index (χ1v) is 8.96. The number of hydrazone groups is 1. The lowest BCUT2D eigenvalue weighted by Gasteiger charge is -2.13. The van der Waals surface area contributed by atoms with Crippen molar-refractivity contribution in [3.63, 3.8) is 0 Å². The lowest BCUT2D eigenvalue weighted by molar-refractivity contribution is -0.127. The molecule has 2 aromatic carbocycles. The van der Waals surface area contributed by atoms with E-state index in [2.05, 4.69) is 42.4 Å². The van der Waals surface area contributed by atoms with E-state index in [1.807, 2.05) is 18.2 Å². The highest BCUT2D eigenvalue weighted by Gasteiger charge is 2.17. The van der Waals surface area contributed by atoms with Gasteiger partial charge in [0.15, 0.2) is 17.6 Å². The van der Waals surface area contributed by atoms with Crippen molar-refractivity contribution in [3.05, 3.63) is 50.9 Å². The third kappa shape index (κ3) is 4.32. The van der Waals surface area contributed by atoms with Crippen molar-refractivity contribution in [1.29, 1.82) is 0 Å². The van der Waals surface area contributed by atoms with Crippen LogP contribution in [0.5, 0.6) is 17.2 Å². The van der Waals surface area contributed by atoms with Gasteiger partial charge in [0.2, 0.25) is 6.79 Å². The molecule has 3 rings (SSSR count). The smallest absolute Gasteiger partial charge is 0.280 e. The second-order valence-electron chi connectivity index (χ2n) is 5.15. The van der Waals surface area contributed by atoms with Crippen molar-refractivity contribution in [2.75, 3.05) is 6.79 Å². The number of carbonyl (C=O) groups excluding carboxylic acids is 1. The summed E-state index contributed by atoms with van der Waals surface area (Å²) in [7, 11) is 0. The molecule has 1 amide bonds. The number of rotatable bonds is 5. The van der Waals surface area contributed by atoms with Crippen molar-refractivity contribution in [1.82, 2.24) is 5.43 Å². The minimum Gasteiger partial charge on any atom is -0.480 e. The van der Waals surface area contributed by atoms with Crippen LogP contribution in [-0.2, 0) is 4.79 Å². The Hall–Kier alpha value is -2.06. The molecule has 130 valence electrons. The van der Waals surface area contributed by atoms with Gasteiger partial charge in [0.05, 0.1) is 10.7 Å². The summed E-state index contributed by atoms with van der Waals surface area (Å²) in [5.41, 5.74) is 3.22. The molecule has 0 bridgehead atoms. The van der Waals surface area contributed by atoms with Crippen LogP contribution in [-0.4, -0.2) is 25.0 Å². The Balaban J connectivity index is 1.60. The lowest BCUT2D eigenvalue weighted by atomic mass is 10.2. The molecule has 1 atom stereocenters. The van der Waals surface area contributed by atoms with Gasteiger partial charge in [-0.15, -0.1) is 0 Å². The van der Waals surface area contributed by atoms with E-state index < -0.39 is 6.10 Å². The Bertz CT molecular complexity index is 826. The molecular formula is C17H14Br2N2O4. The summed E-state index contributed by atoms with van der Waals surface area (Å²) >= 11 is 6.80. The van der Waals surface area contributed by atoms with Crippen LogP contribution in [0.2, 0.25) is 0 Å². The Morgan fingerprint density at radius 3 is 2.72 bits per heavy atom. The predicted molar refractivity (Wildman–Crippen MR) is 100 cm³/mol. The molecule has 1 aliphatic rings. The van der Waals surface area contributed by atoms with Gasteiger partial charge >= 0.3 is 0 Å². The van der Waals surface area contributed by atoms with Crippen LogP contribution in [0.3, 0.4) is 0 Å². The molecule has 6 nitrogen and oxygen atoms in total. The molecular weight excluding hydrogens is 456 g/mol. The number of nitrogens with one attached hydrogen (secondary N) is 1. The fourth-order valence-corrected chi connectivity index (χ4v) is 2.88. The predicted octanol–water partition coefficient (Wildman–Crippen LogP) is 3.86. The fourth-order valence-electron chi connectivity index (χ4n) is 2.07. The van der Waals surface area contributed by atoms with Crippen molar-refractivity contribution in [3.8, 4) is 17.2 Å². The lowest BCUT2D eigenvalue weighted by Crippen LogP contribution is -2.33. The maximum atomic E-state index is 12.1. The summed E-state index contributed by atoms with van der Waals surface area (Å²) in [6.07, 6.45) is 0.825. The van der Waals surface area contributed by atoms with Crippen LogP contribution >= 0.6 is 31.9 Å². The van der Waals surface area contributed by atoms with Gasteiger partial charge in [0, 0.05) is 10.0 Å². The topological polar surface area (TPSA) is 69.2 Å². The number of carbonyl (C=O) groups is 1. The quantitative estimate of drug-likeness (QED) is 0.533. The van der Waals surface area contributed by atoms with Crippen molar-refractivity contribution < 1.29 is 19.0 Å². The average molecular weight is 470 g/mol. The van der Waals surface area contributed by atoms with Gasteiger partial charge in [-0.3, -0.25) is 4.79 Å². The van der Waals surface area contributed by atoms with Crippen molar-refractivity contribution in [2.45, 2.75) is 13.0 Å². The average Bonchev–Trinajstić information content (AvgIpc) is 3.04. The van der Waals surface area contributed by atoms with Gasteiger partial charge in [0.1, 0.15) is 5.75 Å². The molecule has 0 radical (unpaired) electrons. The van der Waals surface area contributed by atoms with Crippen LogP contribution in [0.15, 0.2) is 50.4 Å². The van der Waals surface area contributed by atoms with Gasteiger partial charge in [-0.1, -0.05) is 12.1 Å². The second kappa shape index (κ2) is 7.88. The molecule has 1 aliphatic heterocycles. The molecule has 2 aromatic rings. The molecule has 0 unspecified atom stereocenters. The van der Waals surface area contributed by atoms with Crippen molar-refractivity contribution in [2.24, 2.45) is 5.10 Å². The van der Waals surface area contributed by atoms with Crippen molar-refractivity contribution >= 4 is 44.0 Å². The largest absolute Gasteiger partial charge is 0.480 e. The zero-order valence-electron chi connectivity index (χ0n) is 13.2. The third-order valence-electron chi connectivity index (χ3n) is 3.38. The summed E-state index contributed by atoms with van der Waals surface area (Å²) in [6, 6.07) is 10.9. The molecule has 1 N–H and O–H groups in total. The van der Waals surface area contributed by atoms with Crippen LogP contribution in [0, 0.1) is 0 Å². The minimum atomic E-state index is -0.698. The highest BCUT2D eigenvalue weighted by atomic mass is 79.9. The van der Waals surface area contributed by atoms with E-state index in [0.717, 1.165) is 14.5 Å². The second-order valence-corrected chi connectivity index (χ2v) is 6.86. The molecule has 0 saturated carbocycles. The minimum absolute atomic E-state index is 0.197. The van der Waals surface area contributed by atoms with Crippen LogP contribution in [0.4, 0.5) is 0 Å². The van der Waals surface area contributed by atoms with Crippen LogP contribution in [0.1, 0.15) is 12.5 Å². The van der Waals surface area contributed by atoms with Gasteiger partial charge < -0.3 is 14.2 Å². The molecule has 0 spiro atoms. The summed E-state index contributed by atoms with van der Waals surface area (Å²) in [5.74, 6) is 1.54. The first-order valence-electron chi connectivity index (χ1n) is 7.38. The summed E-state index contributed by atoms with van der Waals surface area (Å²) in [5, 5.41) is 3.97. The fraction of sp³-hybridized carbons (Fsp3) is 0.176. The Kier molecular flexibility index (Phi) is 5.60. The van der Waals surface area contributed by atoms with Gasteiger partial charge in [-0.05, 0) is 63.0 Å². The monoisotopic (exact) mass is 468 g/mol. The van der Waals surface area contributed by atoms with Gasteiger partial charge in [-0.25, -0.2) is 5.43 Å². The Morgan fingerprint density at radius 2 is 1.96 bits per heavy atom. The number of amides is 1. The number of fused-ring (bicyclic) bond motifs is 1. The maximum Gasteiger partial charge on any atom is 0.280 e. The molecule has 25 heavy (non-hydrogen) atoms. The number of nitrogens with zero attached hydrogens (tertiary/aromatic N) is 1. The molecule has 0 fully saturated rings. The van der Waals surface area contributed by atoms with Crippen LogP contribution < -0.4 is 19.6 Å². The third-order valence-corrected chi connectivity index (χ3v) is 4.72. The molecule has 0 aliphatic carbocycles. The summed E-state index contributed by atoms with van der Waals surface area (Å²) in [6.45, 7) is 1.85. The van der Waals surface area contributed by atoms with E-state index in [4.69, 9.17) is 14.2 Å². The van der Waals surface area contributed by atoms with E-state index in [1.165, 1.54) is 6.21 Å². The Labute approximate surface area is 161 Å². The molecule has 8 heteroatoms. The highest BCUT2D eigenvalue weighted by Crippen LogP contribution is 2.36. The summed E-state index contributed by atoms with van der Waals surface area (Å²) < 4.78 is 17.8. The number of benzene rings is 2. The summed E-state index contributed by atoms with van der Waals surface area (Å²) in [4.78, 5) is 12.1. The Morgan fingerprint density at radius 1 is 1.24 bits per heavy atom. The van der Waals surface area contributed by atoms with E-state index >= 15 is 0 Å². The SMILES string of the molecule is C[C@@H](Oc1ccccc1Br)C(=O)N/N=C\c1cc2c(cc1Br)OCO2. The number of ether oxygens (including phenoxy) is 3. The first-order chi connectivity index (χ1) is 12.0. The standard InChI is InChI=1S/C17H14Br2N2O4/c1-10(25-14-5-3-2-4-12(14)18)17(22)21-20-8-11-6-15-16(7-13(11)19)24-9-23-15/h2-8,10H,9H2,1H3,(H,21,22)/b20-8-/t10-/m1/s1. The van der Waals surface area contributed by atoms with E-state index in [-0.39, 0.29) is 12.7 Å². The van der Waals surface area contributed by atoms with E-state index in [0.29, 0.717) is 17.2 Å². The molecule has 1 heterocycles. The van der Waals surface area contributed by atoms with Gasteiger partial charge in [0.25, 0.3) is 5.91 Å². The molecule has 0 saturated heterocycles.